The van der Waals surface area contributed by atoms with Gasteiger partial charge >= 0.3 is 12.0 Å². The van der Waals surface area contributed by atoms with Crippen molar-refractivity contribution >= 4 is 35.0 Å². The molecule has 0 saturated heterocycles. The van der Waals surface area contributed by atoms with E-state index in [0.717, 1.165) is 16.7 Å². The molecular weight excluding hydrogens is 486 g/mol. The van der Waals surface area contributed by atoms with Crippen LogP contribution < -0.4 is 25.0 Å². The van der Waals surface area contributed by atoms with Gasteiger partial charge in [0.1, 0.15) is 18.1 Å². The number of para-hydroxylation sites is 1. The molecule has 3 N–H and O–H groups in total. The molecule has 3 amide bonds. The summed E-state index contributed by atoms with van der Waals surface area (Å²) in [6.07, 6.45) is 0.143. The zero-order valence-electron chi connectivity index (χ0n) is 21.6. The Kier molecular flexibility index (Phi) is 8.15. The smallest absolute Gasteiger partial charge is 0.323 e. The first-order valence-corrected chi connectivity index (χ1v) is 12.3. The van der Waals surface area contributed by atoms with Crippen LogP contribution in [0.2, 0.25) is 0 Å². The Bertz CT molecular complexity index is 1360. The predicted molar refractivity (Wildman–Crippen MR) is 145 cm³/mol. The van der Waals surface area contributed by atoms with Crippen LogP contribution in [-0.2, 0) is 16.0 Å². The normalized spacial score (nSPS) is 13.1. The van der Waals surface area contributed by atoms with Gasteiger partial charge in [-0.3, -0.25) is 9.59 Å². The fraction of sp³-hybridized carbons (Fsp3) is 0.276. The van der Waals surface area contributed by atoms with Crippen molar-refractivity contribution in [1.29, 1.82) is 0 Å². The second-order valence-electron chi connectivity index (χ2n) is 9.23. The van der Waals surface area contributed by atoms with Crippen molar-refractivity contribution in [2.75, 3.05) is 35.8 Å². The molecule has 4 rings (SSSR count). The molecule has 198 valence electrons. The number of anilines is 3. The summed E-state index contributed by atoms with van der Waals surface area (Å²) >= 11 is 0. The molecule has 0 aliphatic carbocycles. The van der Waals surface area contributed by atoms with E-state index in [1.807, 2.05) is 50.2 Å². The zero-order valence-corrected chi connectivity index (χ0v) is 21.6. The molecule has 38 heavy (non-hydrogen) atoms. The number of nitrogens with one attached hydrogen (secondary N) is 2. The van der Waals surface area contributed by atoms with Gasteiger partial charge in [0.2, 0.25) is 5.91 Å². The van der Waals surface area contributed by atoms with Crippen molar-refractivity contribution in [2.24, 2.45) is 0 Å². The van der Waals surface area contributed by atoms with E-state index in [0.29, 0.717) is 41.7 Å². The van der Waals surface area contributed by atoms with Crippen LogP contribution >= 0.6 is 0 Å². The number of amides is 3. The van der Waals surface area contributed by atoms with Gasteiger partial charge in [0.15, 0.2) is 0 Å². The molecule has 9 heteroatoms. The number of ether oxygens (including phenoxy) is 2. The second-order valence-corrected chi connectivity index (χ2v) is 9.23. The fourth-order valence-corrected chi connectivity index (χ4v) is 4.39. The van der Waals surface area contributed by atoms with Crippen LogP contribution in [0.4, 0.5) is 21.9 Å². The summed E-state index contributed by atoms with van der Waals surface area (Å²) in [6, 6.07) is 17.8. The maximum atomic E-state index is 13.3. The Morgan fingerprint density at radius 3 is 2.55 bits per heavy atom. The third-order valence-corrected chi connectivity index (χ3v) is 6.46. The summed E-state index contributed by atoms with van der Waals surface area (Å²) in [5.41, 5.74) is 4.37. The third kappa shape index (κ3) is 6.23. The highest BCUT2D eigenvalue weighted by Gasteiger charge is 2.25. The summed E-state index contributed by atoms with van der Waals surface area (Å²) in [6.45, 7) is 4.51. The summed E-state index contributed by atoms with van der Waals surface area (Å²) in [4.78, 5) is 38.5. The molecule has 3 aromatic carbocycles. The van der Waals surface area contributed by atoms with Gasteiger partial charge in [-0.05, 0) is 59.9 Å². The van der Waals surface area contributed by atoms with Crippen LogP contribution in [0.25, 0.3) is 0 Å². The van der Waals surface area contributed by atoms with E-state index in [-0.39, 0.29) is 24.7 Å². The van der Waals surface area contributed by atoms with Crippen molar-refractivity contribution in [2.45, 2.75) is 32.6 Å². The van der Waals surface area contributed by atoms with Crippen LogP contribution in [0.3, 0.4) is 0 Å². The molecule has 1 unspecified atom stereocenters. The van der Waals surface area contributed by atoms with Crippen molar-refractivity contribution in [3.63, 3.8) is 0 Å². The average molecular weight is 518 g/mol. The highest BCUT2D eigenvalue weighted by molar-refractivity contribution is 6.01. The Labute approximate surface area is 221 Å². The van der Waals surface area contributed by atoms with Gasteiger partial charge in [0.05, 0.1) is 37.9 Å². The molecule has 1 aliphatic rings. The summed E-state index contributed by atoms with van der Waals surface area (Å²) < 4.78 is 11.3. The number of carboxylic acid groups (broad SMARTS) is 1. The number of aliphatic carboxylic acids is 1. The summed E-state index contributed by atoms with van der Waals surface area (Å²) in [5.74, 6) is -0.144. The molecule has 3 aromatic rings. The van der Waals surface area contributed by atoms with Crippen molar-refractivity contribution in [3.8, 4) is 11.5 Å². The minimum atomic E-state index is -0.864. The molecule has 0 fully saturated rings. The van der Waals surface area contributed by atoms with Crippen molar-refractivity contribution < 1.29 is 29.0 Å². The number of carboxylic acids is 1. The number of benzene rings is 3. The lowest BCUT2D eigenvalue weighted by molar-refractivity contribution is -0.137. The maximum Gasteiger partial charge on any atom is 0.323 e. The van der Waals surface area contributed by atoms with Gasteiger partial charge in [0.25, 0.3) is 0 Å². The van der Waals surface area contributed by atoms with Gasteiger partial charge in [0, 0.05) is 5.69 Å². The van der Waals surface area contributed by atoms with Crippen molar-refractivity contribution in [3.05, 3.63) is 77.4 Å². The first kappa shape index (κ1) is 26.5. The lowest BCUT2D eigenvalue weighted by atomic mass is 9.97. The molecule has 0 saturated carbocycles. The molecule has 0 aromatic heterocycles. The van der Waals surface area contributed by atoms with Crippen molar-refractivity contribution in [1.82, 2.24) is 0 Å². The first-order valence-electron chi connectivity index (χ1n) is 12.3. The standard InChI is InChI=1S/C29H31N3O6/c1-18-6-4-5-7-22(18)30-29(36)31-23-10-8-20(15-25(23)37-3)16-27(33)32-12-13-38-26-17-21(9-11-24(26)32)19(2)14-28(34)35/h4-11,15,17,19H,12-14,16H2,1-3H3,(H,34,35)(H2,30,31,36). The first-order chi connectivity index (χ1) is 18.2. The van der Waals surface area contributed by atoms with E-state index in [9.17, 15) is 14.4 Å². The summed E-state index contributed by atoms with van der Waals surface area (Å²) in [5, 5.41) is 14.7. The largest absolute Gasteiger partial charge is 0.495 e. The van der Waals surface area contributed by atoms with Crippen LogP contribution in [0, 0.1) is 6.92 Å². The van der Waals surface area contributed by atoms with Crippen LogP contribution in [0.1, 0.15) is 36.0 Å². The second kappa shape index (κ2) is 11.7. The molecule has 1 heterocycles. The summed E-state index contributed by atoms with van der Waals surface area (Å²) in [7, 11) is 1.51. The quantitative estimate of drug-likeness (QED) is 0.378. The predicted octanol–water partition coefficient (Wildman–Crippen LogP) is 5.19. The molecule has 0 bridgehead atoms. The molecule has 0 radical (unpaired) electrons. The third-order valence-electron chi connectivity index (χ3n) is 6.46. The number of urea groups is 1. The van der Waals surface area contributed by atoms with E-state index in [1.165, 1.54) is 7.11 Å². The lowest BCUT2D eigenvalue weighted by Gasteiger charge is -2.30. The van der Waals surface area contributed by atoms with Crippen LogP contribution in [0.15, 0.2) is 60.7 Å². The number of hydrogen-bond donors (Lipinski definition) is 3. The van der Waals surface area contributed by atoms with E-state index >= 15 is 0 Å². The molecule has 9 nitrogen and oxygen atoms in total. The van der Waals surface area contributed by atoms with Gasteiger partial charge in [-0.15, -0.1) is 0 Å². The molecular formula is C29H31N3O6. The monoisotopic (exact) mass is 517 g/mol. The Hall–Kier alpha value is -4.53. The van der Waals surface area contributed by atoms with E-state index in [4.69, 9.17) is 14.6 Å². The minimum Gasteiger partial charge on any atom is -0.495 e. The fourth-order valence-electron chi connectivity index (χ4n) is 4.39. The molecule has 0 spiro atoms. The zero-order chi connectivity index (χ0) is 27.2. The number of aryl methyl sites for hydroxylation is 1. The Morgan fingerprint density at radius 1 is 1.05 bits per heavy atom. The van der Waals surface area contributed by atoms with Gasteiger partial charge in [-0.25, -0.2) is 4.79 Å². The molecule has 1 aliphatic heterocycles. The Balaban J connectivity index is 1.45. The van der Waals surface area contributed by atoms with Crippen LogP contribution in [-0.4, -0.2) is 43.3 Å². The number of nitrogens with zero attached hydrogens (tertiary/aromatic N) is 1. The maximum absolute atomic E-state index is 13.3. The average Bonchev–Trinajstić information content (AvgIpc) is 2.89. The topological polar surface area (TPSA) is 117 Å². The van der Waals surface area contributed by atoms with Crippen LogP contribution in [0.5, 0.6) is 11.5 Å². The SMILES string of the molecule is COc1cc(CC(=O)N2CCOc3cc(C(C)CC(=O)O)ccc32)ccc1NC(=O)Nc1ccccc1C. The number of methoxy groups -OCH3 is 1. The number of rotatable bonds is 8. The molecule has 1 atom stereocenters. The highest BCUT2D eigenvalue weighted by atomic mass is 16.5. The Morgan fingerprint density at radius 2 is 1.82 bits per heavy atom. The van der Waals surface area contributed by atoms with Gasteiger partial charge in [-0.2, -0.15) is 0 Å². The number of carbonyl (C=O) groups is 3. The van der Waals surface area contributed by atoms with E-state index < -0.39 is 12.0 Å². The minimum absolute atomic E-state index is 0.0155. The van der Waals surface area contributed by atoms with E-state index in [2.05, 4.69) is 10.6 Å². The number of fused-ring (bicyclic) bond motifs is 1. The highest BCUT2D eigenvalue weighted by Crippen LogP contribution is 2.36. The number of hydrogen-bond acceptors (Lipinski definition) is 5. The number of carbonyl (C=O) groups excluding carboxylic acids is 2. The van der Waals surface area contributed by atoms with Gasteiger partial charge in [-0.1, -0.05) is 37.3 Å². The van der Waals surface area contributed by atoms with Gasteiger partial charge < -0.3 is 30.1 Å². The lowest BCUT2D eigenvalue weighted by Crippen LogP contribution is -2.38. The van der Waals surface area contributed by atoms with E-state index in [1.54, 1.807) is 29.2 Å².